The maximum Gasteiger partial charge on any atom is 0.249 e. The number of nitrogens with zero attached hydrogens (tertiary/aromatic N) is 5. The number of methoxy groups -OCH3 is 2. The Morgan fingerprint density at radius 1 is 1.18 bits per heavy atom. The van der Waals surface area contributed by atoms with Crippen molar-refractivity contribution in [3.8, 4) is 5.75 Å². The number of fused-ring (bicyclic) bond motifs is 1. The van der Waals surface area contributed by atoms with Gasteiger partial charge in [0.1, 0.15) is 17.5 Å². The molecule has 1 aromatic carbocycles. The number of rotatable bonds is 8. The third kappa shape index (κ3) is 4.75. The van der Waals surface area contributed by atoms with E-state index in [0.29, 0.717) is 36.2 Å². The molecule has 174 valence electrons. The second kappa shape index (κ2) is 9.45. The van der Waals surface area contributed by atoms with Gasteiger partial charge in [0.05, 0.1) is 31.6 Å². The Morgan fingerprint density at radius 3 is 2.64 bits per heavy atom. The summed E-state index contributed by atoms with van der Waals surface area (Å²) in [5, 5.41) is 10.6. The van der Waals surface area contributed by atoms with E-state index >= 15 is 0 Å². The van der Waals surface area contributed by atoms with Crippen molar-refractivity contribution >= 4 is 23.4 Å². The Bertz CT molecular complexity index is 1130. The lowest BCUT2D eigenvalue weighted by Gasteiger charge is -2.37. The Hall–Kier alpha value is -3.66. The Labute approximate surface area is 192 Å². The van der Waals surface area contributed by atoms with Gasteiger partial charge >= 0.3 is 0 Å². The number of benzene rings is 1. The van der Waals surface area contributed by atoms with E-state index in [9.17, 15) is 4.79 Å². The van der Waals surface area contributed by atoms with Gasteiger partial charge in [-0.1, -0.05) is 12.1 Å². The predicted octanol–water partition coefficient (Wildman–Crippen LogP) is 2.44. The molecule has 33 heavy (non-hydrogen) atoms. The van der Waals surface area contributed by atoms with Gasteiger partial charge in [0.15, 0.2) is 5.82 Å². The molecular weight excluding hydrogens is 422 g/mol. The zero-order chi connectivity index (χ0) is 23.5. The molecule has 0 saturated carbocycles. The van der Waals surface area contributed by atoms with E-state index in [2.05, 4.69) is 25.7 Å². The number of aromatic nitrogens is 4. The fourth-order valence-electron chi connectivity index (χ4n) is 3.88. The number of amides is 1. The number of likely N-dealkylation sites (N-methyl/N-ethyl adjacent to an activating group) is 1. The average Bonchev–Trinajstić information content (AvgIpc) is 3.26. The van der Waals surface area contributed by atoms with Crippen LogP contribution in [0.2, 0.25) is 0 Å². The highest BCUT2D eigenvalue weighted by Gasteiger charge is 2.37. The molecule has 3 heterocycles. The zero-order valence-electron chi connectivity index (χ0n) is 19.5. The third-order valence-electron chi connectivity index (χ3n) is 5.80. The number of carbonyl (C=O) groups excluding carboxylic acids is 1. The topological polar surface area (TPSA) is 106 Å². The lowest BCUT2D eigenvalue weighted by Crippen LogP contribution is -2.53. The number of nitrogens with one attached hydrogen (secondary N) is 2. The van der Waals surface area contributed by atoms with Gasteiger partial charge in [-0.25, -0.2) is 4.98 Å². The van der Waals surface area contributed by atoms with Crippen molar-refractivity contribution in [2.75, 3.05) is 36.8 Å². The summed E-state index contributed by atoms with van der Waals surface area (Å²) in [5.74, 6) is 1.85. The van der Waals surface area contributed by atoms with Crippen molar-refractivity contribution in [1.82, 2.24) is 19.7 Å². The highest BCUT2D eigenvalue weighted by atomic mass is 16.5. The second-order valence-corrected chi connectivity index (χ2v) is 8.06. The third-order valence-corrected chi connectivity index (χ3v) is 5.80. The minimum absolute atomic E-state index is 0.129. The van der Waals surface area contributed by atoms with Gasteiger partial charge in [0, 0.05) is 32.5 Å². The molecule has 1 aliphatic rings. The molecule has 0 bridgehead atoms. The Balaban J connectivity index is 1.45. The molecule has 0 unspecified atom stereocenters. The van der Waals surface area contributed by atoms with Crippen LogP contribution in [0.15, 0.2) is 36.7 Å². The van der Waals surface area contributed by atoms with Crippen molar-refractivity contribution in [1.29, 1.82) is 0 Å². The molecule has 0 fully saturated rings. The Morgan fingerprint density at radius 2 is 1.94 bits per heavy atom. The van der Waals surface area contributed by atoms with Crippen LogP contribution >= 0.6 is 0 Å². The summed E-state index contributed by atoms with van der Waals surface area (Å²) in [6.45, 7) is 4.91. The molecule has 0 saturated heterocycles. The first-order valence-corrected chi connectivity index (χ1v) is 10.7. The minimum Gasteiger partial charge on any atom is -0.497 e. The molecule has 3 aromatic rings. The van der Waals surface area contributed by atoms with E-state index in [0.717, 1.165) is 16.9 Å². The van der Waals surface area contributed by atoms with Crippen LogP contribution in [0, 0.1) is 6.92 Å². The van der Waals surface area contributed by atoms with E-state index in [1.807, 2.05) is 67.1 Å². The van der Waals surface area contributed by atoms with E-state index < -0.39 is 6.04 Å². The van der Waals surface area contributed by atoms with Crippen molar-refractivity contribution < 1.29 is 14.3 Å². The fourth-order valence-corrected chi connectivity index (χ4v) is 3.88. The number of aryl methyl sites for hydroxylation is 1. The molecule has 4 rings (SSSR count). The maximum absolute atomic E-state index is 12.6. The van der Waals surface area contributed by atoms with Crippen molar-refractivity contribution in [3.63, 3.8) is 0 Å². The summed E-state index contributed by atoms with van der Waals surface area (Å²) in [5.41, 5.74) is 3.47. The average molecular weight is 452 g/mol. The van der Waals surface area contributed by atoms with Gasteiger partial charge in [-0.05, 0) is 31.5 Å². The van der Waals surface area contributed by atoms with E-state index in [1.165, 1.54) is 0 Å². The first kappa shape index (κ1) is 22.5. The number of hydrogen-bond acceptors (Lipinski definition) is 8. The van der Waals surface area contributed by atoms with Gasteiger partial charge < -0.3 is 25.0 Å². The van der Waals surface area contributed by atoms with Gasteiger partial charge in [-0.2, -0.15) is 10.1 Å². The summed E-state index contributed by atoms with van der Waals surface area (Å²) in [6, 6.07) is 7.45. The largest absolute Gasteiger partial charge is 0.497 e. The SMILES string of the molecule is COc1ccc(Cn2cc(CNc3nc(C)c4c(n3)N(C)[C@@H]([C@@H](C)OC)C(=O)N4)cn2)cc1. The second-order valence-electron chi connectivity index (χ2n) is 8.06. The van der Waals surface area contributed by atoms with Gasteiger partial charge in [0.25, 0.3) is 0 Å². The highest BCUT2D eigenvalue weighted by Crippen LogP contribution is 2.33. The summed E-state index contributed by atoms with van der Waals surface area (Å²) >= 11 is 0. The predicted molar refractivity (Wildman–Crippen MR) is 126 cm³/mol. The van der Waals surface area contributed by atoms with Crippen LogP contribution in [0.1, 0.15) is 23.7 Å². The normalized spacial score (nSPS) is 16.2. The molecule has 2 aromatic heterocycles. The first-order valence-electron chi connectivity index (χ1n) is 10.7. The van der Waals surface area contributed by atoms with Crippen LogP contribution in [0.3, 0.4) is 0 Å². The number of carbonyl (C=O) groups is 1. The molecule has 1 amide bonds. The van der Waals surface area contributed by atoms with Crippen molar-refractivity contribution in [2.45, 2.75) is 39.1 Å². The quantitative estimate of drug-likeness (QED) is 0.538. The van der Waals surface area contributed by atoms with Crippen LogP contribution in [0.25, 0.3) is 0 Å². The molecule has 2 atom stereocenters. The fraction of sp³-hybridized carbons (Fsp3) is 0.391. The zero-order valence-corrected chi connectivity index (χ0v) is 19.5. The molecule has 2 N–H and O–H groups in total. The summed E-state index contributed by atoms with van der Waals surface area (Å²) < 4.78 is 12.5. The molecule has 10 nitrogen and oxygen atoms in total. The molecular formula is C23H29N7O3. The van der Waals surface area contributed by atoms with Gasteiger partial charge in [-0.15, -0.1) is 0 Å². The minimum atomic E-state index is -0.471. The summed E-state index contributed by atoms with van der Waals surface area (Å²) in [6.07, 6.45) is 3.53. The van der Waals surface area contributed by atoms with Crippen LogP contribution < -0.4 is 20.3 Å². The highest BCUT2D eigenvalue weighted by molar-refractivity contribution is 6.03. The van der Waals surface area contributed by atoms with E-state index in [-0.39, 0.29) is 12.0 Å². The van der Waals surface area contributed by atoms with Gasteiger partial charge in [-0.3, -0.25) is 9.48 Å². The smallest absolute Gasteiger partial charge is 0.249 e. The lowest BCUT2D eigenvalue weighted by molar-refractivity contribution is -0.120. The monoisotopic (exact) mass is 451 g/mol. The number of hydrogen-bond donors (Lipinski definition) is 2. The molecule has 0 aliphatic carbocycles. The van der Waals surface area contributed by atoms with E-state index in [1.54, 1.807) is 14.2 Å². The van der Waals surface area contributed by atoms with Crippen molar-refractivity contribution in [3.05, 3.63) is 53.5 Å². The standard InChI is InChI=1S/C23H29N7O3/c1-14-19-21(29(3)20(15(2)32-4)22(31)27-19)28-23(26-14)24-10-17-11-25-30(13-17)12-16-6-8-18(33-5)9-7-16/h6-9,11,13,15,20H,10,12H2,1-5H3,(H,27,31)(H,24,26,28)/t15-,20+/m1/s1. The number of anilines is 3. The first-order chi connectivity index (χ1) is 15.9. The van der Waals surface area contributed by atoms with Crippen LogP contribution in [0.5, 0.6) is 5.75 Å². The van der Waals surface area contributed by atoms with Gasteiger partial charge in [0.2, 0.25) is 11.9 Å². The molecule has 10 heteroatoms. The summed E-state index contributed by atoms with van der Waals surface area (Å²) in [7, 11) is 5.09. The van der Waals surface area contributed by atoms with Crippen LogP contribution in [-0.4, -0.2) is 59.1 Å². The van der Waals surface area contributed by atoms with Crippen LogP contribution in [-0.2, 0) is 22.6 Å². The van der Waals surface area contributed by atoms with Crippen LogP contribution in [0.4, 0.5) is 17.5 Å². The number of ether oxygens (including phenoxy) is 2. The molecule has 0 spiro atoms. The lowest BCUT2D eigenvalue weighted by atomic mass is 10.1. The van der Waals surface area contributed by atoms with E-state index in [4.69, 9.17) is 9.47 Å². The molecule has 1 aliphatic heterocycles. The maximum atomic E-state index is 12.6. The molecule has 0 radical (unpaired) electrons. The van der Waals surface area contributed by atoms with Crippen molar-refractivity contribution in [2.24, 2.45) is 0 Å². The Kier molecular flexibility index (Phi) is 6.45. The summed E-state index contributed by atoms with van der Waals surface area (Å²) in [4.78, 5) is 23.6.